The van der Waals surface area contributed by atoms with Crippen LogP contribution in [0.2, 0.25) is 0 Å². The molecule has 1 atom stereocenters. The minimum Gasteiger partial charge on any atom is -0.360 e. The Balaban J connectivity index is 1.81. The summed E-state index contributed by atoms with van der Waals surface area (Å²) in [7, 11) is 0. The first-order valence-electron chi connectivity index (χ1n) is 7.73. The van der Waals surface area contributed by atoms with Crippen molar-refractivity contribution in [1.82, 2.24) is 5.32 Å². The summed E-state index contributed by atoms with van der Waals surface area (Å²) in [4.78, 5) is 0. The Morgan fingerprint density at radius 3 is 2.50 bits per heavy atom. The zero-order valence-corrected chi connectivity index (χ0v) is 14.3. The maximum absolute atomic E-state index is 5.41. The molecule has 2 rings (SSSR count). The van der Waals surface area contributed by atoms with E-state index >= 15 is 0 Å². The standard InChI is InChI=1S/C19H24N2S/c1-14-9-12-18(15(2)13-14)21-19(22)20-16(3)10-11-17-7-5-4-6-8-17/h4-9,12-13,16H,10-11H2,1-3H3,(H2,20,21,22)/t16-/m1/s1. The second-order valence-electron chi connectivity index (χ2n) is 5.84. The molecule has 0 spiro atoms. The van der Waals surface area contributed by atoms with Gasteiger partial charge in [-0.15, -0.1) is 0 Å². The van der Waals surface area contributed by atoms with Gasteiger partial charge in [-0.1, -0.05) is 48.0 Å². The predicted molar refractivity (Wildman–Crippen MR) is 99.5 cm³/mol. The van der Waals surface area contributed by atoms with Gasteiger partial charge in [-0.25, -0.2) is 0 Å². The highest BCUT2D eigenvalue weighted by Gasteiger charge is 2.06. The van der Waals surface area contributed by atoms with Crippen LogP contribution in [0.3, 0.4) is 0 Å². The third-order valence-electron chi connectivity index (χ3n) is 3.72. The minimum absolute atomic E-state index is 0.339. The lowest BCUT2D eigenvalue weighted by atomic mass is 10.1. The van der Waals surface area contributed by atoms with E-state index in [-0.39, 0.29) is 0 Å². The fourth-order valence-electron chi connectivity index (χ4n) is 2.44. The smallest absolute Gasteiger partial charge is 0.170 e. The molecule has 116 valence electrons. The SMILES string of the molecule is Cc1ccc(NC(=S)N[C@H](C)CCc2ccccc2)c(C)c1. The number of nitrogens with one attached hydrogen (secondary N) is 2. The fourth-order valence-corrected chi connectivity index (χ4v) is 2.75. The van der Waals surface area contributed by atoms with Gasteiger partial charge in [0.1, 0.15) is 0 Å². The average molecular weight is 312 g/mol. The molecule has 0 aliphatic carbocycles. The zero-order valence-electron chi connectivity index (χ0n) is 13.5. The van der Waals surface area contributed by atoms with E-state index in [0.717, 1.165) is 18.5 Å². The molecule has 0 heterocycles. The molecule has 2 nitrogen and oxygen atoms in total. The van der Waals surface area contributed by atoms with Crippen LogP contribution in [-0.2, 0) is 6.42 Å². The molecule has 0 saturated heterocycles. The van der Waals surface area contributed by atoms with Crippen LogP contribution >= 0.6 is 12.2 Å². The van der Waals surface area contributed by atoms with Crippen molar-refractivity contribution in [1.29, 1.82) is 0 Å². The Bertz CT molecular complexity index is 623. The Labute approximate surface area is 139 Å². The van der Waals surface area contributed by atoms with Gasteiger partial charge in [0.25, 0.3) is 0 Å². The number of benzene rings is 2. The van der Waals surface area contributed by atoms with Crippen molar-refractivity contribution in [3.8, 4) is 0 Å². The van der Waals surface area contributed by atoms with Crippen LogP contribution in [0.25, 0.3) is 0 Å². The summed E-state index contributed by atoms with van der Waals surface area (Å²) in [6, 6.07) is 17.2. The highest BCUT2D eigenvalue weighted by Crippen LogP contribution is 2.16. The Kier molecular flexibility index (Phi) is 5.96. The molecular weight excluding hydrogens is 288 g/mol. The van der Waals surface area contributed by atoms with Crippen molar-refractivity contribution in [3.63, 3.8) is 0 Å². The molecule has 0 radical (unpaired) electrons. The molecule has 2 aromatic carbocycles. The van der Waals surface area contributed by atoms with E-state index in [9.17, 15) is 0 Å². The largest absolute Gasteiger partial charge is 0.360 e. The van der Waals surface area contributed by atoms with Crippen LogP contribution in [-0.4, -0.2) is 11.2 Å². The molecule has 3 heteroatoms. The number of hydrogen-bond acceptors (Lipinski definition) is 1. The third kappa shape index (κ3) is 5.15. The predicted octanol–water partition coefficient (Wildman–Crippen LogP) is 4.61. The highest BCUT2D eigenvalue weighted by molar-refractivity contribution is 7.80. The molecule has 0 bridgehead atoms. The van der Waals surface area contributed by atoms with E-state index in [4.69, 9.17) is 12.2 Å². The van der Waals surface area contributed by atoms with Crippen molar-refractivity contribution in [3.05, 3.63) is 65.2 Å². The lowest BCUT2D eigenvalue weighted by Gasteiger charge is -2.18. The van der Waals surface area contributed by atoms with Gasteiger partial charge in [0.15, 0.2) is 5.11 Å². The fraction of sp³-hybridized carbons (Fsp3) is 0.316. The van der Waals surface area contributed by atoms with E-state index in [0.29, 0.717) is 11.2 Å². The van der Waals surface area contributed by atoms with Crippen molar-refractivity contribution in [2.45, 2.75) is 39.7 Å². The topological polar surface area (TPSA) is 24.1 Å². The molecule has 0 aliphatic heterocycles. The lowest BCUT2D eigenvalue weighted by molar-refractivity contribution is 0.609. The average Bonchev–Trinajstić information content (AvgIpc) is 2.49. The van der Waals surface area contributed by atoms with E-state index in [1.165, 1.54) is 16.7 Å². The molecule has 2 aromatic rings. The first kappa shape index (κ1) is 16.5. The van der Waals surface area contributed by atoms with Gasteiger partial charge < -0.3 is 10.6 Å². The molecule has 0 aromatic heterocycles. The molecule has 0 amide bonds. The summed E-state index contributed by atoms with van der Waals surface area (Å²) < 4.78 is 0. The van der Waals surface area contributed by atoms with Gasteiger partial charge in [-0.05, 0) is 63.0 Å². The van der Waals surface area contributed by atoms with Crippen LogP contribution in [0.15, 0.2) is 48.5 Å². The zero-order chi connectivity index (χ0) is 15.9. The van der Waals surface area contributed by atoms with Crippen LogP contribution in [0, 0.1) is 13.8 Å². The third-order valence-corrected chi connectivity index (χ3v) is 3.94. The maximum atomic E-state index is 5.41. The normalized spacial score (nSPS) is 11.8. The van der Waals surface area contributed by atoms with Gasteiger partial charge in [0.2, 0.25) is 0 Å². The summed E-state index contributed by atoms with van der Waals surface area (Å²) in [6.45, 7) is 6.36. The molecule has 0 fully saturated rings. The molecular formula is C19H24N2S. The number of hydrogen-bond donors (Lipinski definition) is 2. The van der Waals surface area contributed by atoms with Crippen molar-refractivity contribution in [2.75, 3.05) is 5.32 Å². The molecule has 0 saturated carbocycles. The van der Waals surface area contributed by atoms with E-state index < -0.39 is 0 Å². The lowest BCUT2D eigenvalue weighted by Crippen LogP contribution is -2.36. The van der Waals surface area contributed by atoms with Crippen molar-refractivity contribution < 1.29 is 0 Å². The van der Waals surface area contributed by atoms with E-state index in [2.05, 4.69) is 73.9 Å². The molecule has 2 N–H and O–H groups in total. The minimum atomic E-state index is 0.339. The molecule has 22 heavy (non-hydrogen) atoms. The quantitative estimate of drug-likeness (QED) is 0.788. The van der Waals surface area contributed by atoms with Crippen LogP contribution in [0.4, 0.5) is 5.69 Å². The number of anilines is 1. The first-order valence-corrected chi connectivity index (χ1v) is 8.14. The molecule has 0 aliphatic rings. The van der Waals surface area contributed by atoms with Crippen LogP contribution in [0.1, 0.15) is 30.0 Å². The second kappa shape index (κ2) is 7.95. The number of aryl methyl sites for hydroxylation is 3. The summed E-state index contributed by atoms with van der Waals surface area (Å²) in [5.41, 5.74) is 4.90. The summed E-state index contributed by atoms with van der Waals surface area (Å²) >= 11 is 5.41. The first-order chi connectivity index (χ1) is 10.5. The van der Waals surface area contributed by atoms with E-state index in [1.807, 2.05) is 6.07 Å². The second-order valence-corrected chi connectivity index (χ2v) is 6.25. The highest BCUT2D eigenvalue weighted by atomic mass is 32.1. The summed E-state index contributed by atoms with van der Waals surface area (Å²) in [5, 5.41) is 7.34. The molecule has 0 unspecified atom stereocenters. The van der Waals surface area contributed by atoms with Crippen molar-refractivity contribution >= 4 is 23.0 Å². The summed E-state index contributed by atoms with van der Waals surface area (Å²) in [6.07, 6.45) is 2.11. The Morgan fingerprint density at radius 2 is 1.82 bits per heavy atom. The number of rotatable bonds is 5. The Morgan fingerprint density at radius 1 is 1.09 bits per heavy atom. The maximum Gasteiger partial charge on any atom is 0.170 e. The monoisotopic (exact) mass is 312 g/mol. The van der Waals surface area contributed by atoms with Gasteiger partial charge in [0.05, 0.1) is 0 Å². The Hall–Kier alpha value is -1.87. The number of thiocarbonyl (C=S) groups is 1. The summed E-state index contributed by atoms with van der Waals surface area (Å²) in [5.74, 6) is 0. The van der Waals surface area contributed by atoms with Gasteiger partial charge in [-0.2, -0.15) is 0 Å². The van der Waals surface area contributed by atoms with Crippen LogP contribution < -0.4 is 10.6 Å². The van der Waals surface area contributed by atoms with Gasteiger partial charge in [-0.3, -0.25) is 0 Å². The van der Waals surface area contributed by atoms with Crippen molar-refractivity contribution in [2.24, 2.45) is 0 Å². The van der Waals surface area contributed by atoms with Gasteiger partial charge in [0, 0.05) is 11.7 Å². The van der Waals surface area contributed by atoms with Crippen LogP contribution in [0.5, 0.6) is 0 Å². The van der Waals surface area contributed by atoms with Gasteiger partial charge >= 0.3 is 0 Å². The van der Waals surface area contributed by atoms with E-state index in [1.54, 1.807) is 0 Å².